The van der Waals surface area contributed by atoms with Crippen molar-refractivity contribution in [3.63, 3.8) is 0 Å². The predicted octanol–water partition coefficient (Wildman–Crippen LogP) is 2.69. The third-order valence-corrected chi connectivity index (χ3v) is 3.93. The molecule has 1 aromatic rings. The van der Waals surface area contributed by atoms with Gasteiger partial charge in [0.15, 0.2) is 0 Å². The van der Waals surface area contributed by atoms with Crippen LogP contribution in [0.3, 0.4) is 0 Å². The maximum absolute atomic E-state index is 12.7. The van der Waals surface area contributed by atoms with E-state index in [2.05, 4.69) is 0 Å². The summed E-state index contributed by atoms with van der Waals surface area (Å²) >= 11 is 0. The van der Waals surface area contributed by atoms with Gasteiger partial charge in [0.05, 0.1) is 5.92 Å². The van der Waals surface area contributed by atoms with Crippen molar-refractivity contribution in [1.29, 1.82) is 0 Å². The first-order valence-electron chi connectivity index (χ1n) is 7.51. The summed E-state index contributed by atoms with van der Waals surface area (Å²) in [7, 11) is 0. The van der Waals surface area contributed by atoms with Crippen LogP contribution in [0.4, 0.5) is 5.69 Å². The summed E-state index contributed by atoms with van der Waals surface area (Å²) in [6.07, 6.45) is 0.319. The van der Waals surface area contributed by atoms with Crippen LogP contribution in [-0.2, 0) is 9.59 Å². The zero-order valence-corrected chi connectivity index (χ0v) is 13.3. The highest BCUT2D eigenvalue weighted by Gasteiger charge is 2.40. The van der Waals surface area contributed by atoms with E-state index in [1.807, 2.05) is 62.9 Å². The highest BCUT2D eigenvalue weighted by molar-refractivity contribution is 5.99. The number of benzene rings is 1. The van der Waals surface area contributed by atoms with Gasteiger partial charge in [-0.25, -0.2) is 0 Å². The van der Waals surface area contributed by atoms with Gasteiger partial charge in [0.1, 0.15) is 0 Å². The minimum absolute atomic E-state index is 0.0452. The van der Waals surface area contributed by atoms with E-state index in [1.54, 1.807) is 4.90 Å². The number of carbonyl (C=O) groups excluding carboxylic acids is 2. The number of hydrogen-bond donors (Lipinski definition) is 0. The average Bonchev–Trinajstić information content (AvgIpc) is 2.83. The molecule has 0 saturated carbocycles. The first kappa shape index (κ1) is 15.5. The molecule has 0 N–H and O–H groups in total. The zero-order chi connectivity index (χ0) is 15.6. The Balaban J connectivity index is 2.15. The first-order valence-corrected chi connectivity index (χ1v) is 7.51. The maximum atomic E-state index is 12.7. The molecule has 114 valence electrons. The van der Waals surface area contributed by atoms with Crippen molar-refractivity contribution < 1.29 is 9.59 Å². The quantitative estimate of drug-likeness (QED) is 0.858. The highest BCUT2D eigenvalue weighted by Crippen LogP contribution is 2.28. The molecular weight excluding hydrogens is 264 g/mol. The normalized spacial score (nSPS) is 19.0. The molecule has 1 aliphatic heterocycles. The fraction of sp³-hybridized carbons (Fsp3) is 0.529. The number of rotatable bonds is 3. The van der Waals surface area contributed by atoms with Crippen LogP contribution >= 0.6 is 0 Å². The third kappa shape index (κ3) is 3.26. The van der Waals surface area contributed by atoms with E-state index in [0.29, 0.717) is 19.5 Å². The smallest absolute Gasteiger partial charge is 0.232 e. The van der Waals surface area contributed by atoms with Crippen LogP contribution in [0.2, 0.25) is 0 Å². The number of nitrogens with zero attached hydrogens (tertiary/aromatic N) is 2. The molecule has 1 heterocycles. The van der Waals surface area contributed by atoms with E-state index in [-0.39, 0.29) is 23.3 Å². The number of amides is 2. The molecular formula is C17H24N2O2. The molecule has 0 aliphatic carbocycles. The van der Waals surface area contributed by atoms with Crippen LogP contribution in [-0.4, -0.2) is 35.3 Å². The second-order valence-corrected chi connectivity index (χ2v) is 6.49. The molecule has 4 nitrogen and oxygen atoms in total. The first-order chi connectivity index (χ1) is 9.84. The van der Waals surface area contributed by atoms with Crippen molar-refractivity contribution in [3.05, 3.63) is 30.3 Å². The fourth-order valence-electron chi connectivity index (χ4n) is 2.82. The van der Waals surface area contributed by atoms with E-state index in [9.17, 15) is 9.59 Å². The lowest BCUT2D eigenvalue weighted by atomic mass is 10.1. The van der Waals surface area contributed by atoms with Gasteiger partial charge >= 0.3 is 0 Å². The molecule has 1 fully saturated rings. The molecule has 1 saturated heterocycles. The lowest BCUT2D eigenvalue weighted by Gasteiger charge is -2.32. The van der Waals surface area contributed by atoms with Gasteiger partial charge in [-0.1, -0.05) is 18.2 Å². The Bertz CT molecular complexity index is 519. The lowest BCUT2D eigenvalue weighted by Crippen LogP contribution is -2.43. The van der Waals surface area contributed by atoms with Gasteiger partial charge < -0.3 is 9.80 Å². The minimum atomic E-state index is -0.239. The van der Waals surface area contributed by atoms with Crippen LogP contribution in [0.1, 0.15) is 34.1 Å². The summed E-state index contributed by atoms with van der Waals surface area (Å²) in [4.78, 5) is 28.5. The number of anilines is 1. The maximum Gasteiger partial charge on any atom is 0.232 e. The lowest BCUT2D eigenvalue weighted by molar-refractivity contribution is -0.131. The molecule has 1 atom stereocenters. The second kappa shape index (κ2) is 5.88. The molecule has 1 unspecified atom stereocenters. The molecule has 0 aromatic heterocycles. The summed E-state index contributed by atoms with van der Waals surface area (Å²) in [6, 6.07) is 9.64. The summed E-state index contributed by atoms with van der Waals surface area (Å²) in [5.74, 6) is -0.120. The molecule has 0 bridgehead atoms. The van der Waals surface area contributed by atoms with Crippen molar-refractivity contribution in [2.75, 3.05) is 18.0 Å². The van der Waals surface area contributed by atoms with Gasteiger partial charge in [-0.05, 0) is 39.8 Å². The highest BCUT2D eigenvalue weighted by atomic mass is 16.2. The van der Waals surface area contributed by atoms with E-state index in [1.165, 1.54) is 0 Å². The standard InChI is InChI=1S/C17H24N2O2/c1-5-18(14-9-7-6-8-10-14)16(21)13-11-15(20)19(12-13)17(2,3)4/h6-10,13H,5,11-12H2,1-4H3. The summed E-state index contributed by atoms with van der Waals surface area (Å²) < 4.78 is 0. The van der Waals surface area contributed by atoms with Gasteiger partial charge in [0.25, 0.3) is 0 Å². The van der Waals surface area contributed by atoms with Crippen LogP contribution < -0.4 is 4.90 Å². The number of carbonyl (C=O) groups is 2. The van der Waals surface area contributed by atoms with Crippen LogP contribution in [0.15, 0.2) is 30.3 Å². The molecule has 0 radical (unpaired) electrons. The summed E-state index contributed by atoms with van der Waals surface area (Å²) in [6.45, 7) is 9.11. The van der Waals surface area contributed by atoms with Crippen molar-refractivity contribution in [2.24, 2.45) is 5.92 Å². The Kier molecular flexibility index (Phi) is 4.35. The predicted molar refractivity (Wildman–Crippen MR) is 84.0 cm³/mol. The Hall–Kier alpha value is -1.84. The van der Waals surface area contributed by atoms with E-state index >= 15 is 0 Å². The van der Waals surface area contributed by atoms with E-state index in [0.717, 1.165) is 5.69 Å². The van der Waals surface area contributed by atoms with Gasteiger partial charge in [0, 0.05) is 30.7 Å². The topological polar surface area (TPSA) is 40.6 Å². The third-order valence-electron chi connectivity index (χ3n) is 3.93. The Labute approximate surface area is 126 Å². The van der Waals surface area contributed by atoms with Crippen LogP contribution in [0, 0.1) is 5.92 Å². The molecule has 1 aliphatic rings. The molecule has 4 heteroatoms. The monoisotopic (exact) mass is 288 g/mol. The van der Waals surface area contributed by atoms with Gasteiger partial charge in [-0.3, -0.25) is 9.59 Å². The second-order valence-electron chi connectivity index (χ2n) is 6.49. The van der Waals surface area contributed by atoms with Crippen molar-refractivity contribution >= 4 is 17.5 Å². The van der Waals surface area contributed by atoms with Gasteiger partial charge in [-0.2, -0.15) is 0 Å². The van der Waals surface area contributed by atoms with E-state index < -0.39 is 0 Å². The molecule has 1 aromatic carbocycles. The summed E-state index contributed by atoms with van der Waals surface area (Å²) in [5, 5.41) is 0. The Morgan fingerprint density at radius 3 is 2.38 bits per heavy atom. The molecule has 21 heavy (non-hydrogen) atoms. The van der Waals surface area contributed by atoms with Gasteiger partial charge in [0.2, 0.25) is 11.8 Å². The average molecular weight is 288 g/mol. The minimum Gasteiger partial charge on any atom is -0.337 e. The number of hydrogen-bond acceptors (Lipinski definition) is 2. The van der Waals surface area contributed by atoms with Gasteiger partial charge in [-0.15, -0.1) is 0 Å². The number of para-hydroxylation sites is 1. The summed E-state index contributed by atoms with van der Waals surface area (Å²) in [5.41, 5.74) is 0.669. The van der Waals surface area contributed by atoms with Crippen molar-refractivity contribution in [2.45, 2.75) is 39.7 Å². The molecule has 2 amide bonds. The molecule has 0 spiro atoms. The van der Waals surface area contributed by atoms with Crippen molar-refractivity contribution in [1.82, 2.24) is 4.90 Å². The Morgan fingerprint density at radius 1 is 1.29 bits per heavy atom. The largest absolute Gasteiger partial charge is 0.337 e. The Morgan fingerprint density at radius 2 is 1.90 bits per heavy atom. The SMILES string of the molecule is CCN(C(=O)C1CC(=O)N(C(C)(C)C)C1)c1ccccc1. The number of likely N-dealkylation sites (tertiary alicyclic amines) is 1. The van der Waals surface area contributed by atoms with Crippen molar-refractivity contribution in [3.8, 4) is 0 Å². The van der Waals surface area contributed by atoms with Crippen LogP contribution in [0.25, 0.3) is 0 Å². The zero-order valence-electron chi connectivity index (χ0n) is 13.3. The fourth-order valence-corrected chi connectivity index (χ4v) is 2.82. The van der Waals surface area contributed by atoms with Crippen LogP contribution in [0.5, 0.6) is 0 Å². The van der Waals surface area contributed by atoms with E-state index in [4.69, 9.17) is 0 Å². The molecule has 2 rings (SSSR count).